The van der Waals surface area contributed by atoms with Gasteiger partial charge in [0, 0.05) is 17.6 Å². The van der Waals surface area contributed by atoms with Gasteiger partial charge >= 0.3 is 12.0 Å². The molecule has 0 aromatic heterocycles. The number of anilines is 1. The zero-order valence-corrected chi connectivity index (χ0v) is 13.8. The number of rotatable bonds is 6. The molecule has 0 aliphatic heterocycles. The van der Waals surface area contributed by atoms with Crippen LogP contribution in [0.25, 0.3) is 0 Å². The number of ether oxygens (including phenoxy) is 1. The molecule has 3 N–H and O–H groups in total. The highest BCUT2D eigenvalue weighted by molar-refractivity contribution is 9.10. The molecule has 0 spiro atoms. The van der Waals surface area contributed by atoms with Crippen LogP contribution in [0.1, 0.15) is 31.1 Å². The Kier molecular flexibility index (Phi) is 6.17. The van der Waals surface area contributed by atoms with Gasteiger partial charge in [-0.15, -0.1) is 0 Å². The van der Waals surface area contributed by atoms with Crippen LogP contribution >= 0.6 is 15.9 Å². The van der Waals surface area contributed by atoms with Crippen molar-refractivity contribution in [2.45, 2.75) is 26.4 Å². The Hall–Kier alpha value is -1.60. The van der Waals surface area contributed by atoms with Crippen molar-refractivity contribution < 1.29 is 19.4 Å². The van der Waals surface area contributed by atoms with Gasteiger partial charge in [-0.1, -0.05) is 0 Å². The van der Waals surface area contributed by atoms with Crippen molar-refractivity contribution >= 4 is 33.6 Å². The van der Waals surface area contributed by atoms with E-state index in [9.17, 15) is 9.59 Å². The summed E-state index contributed by atoms with van der Waals surface area (Å²) in [4.78, 5) is 22.8. The minimum atomic E-state index is -1.05. The zero-order valence-electron chi connectivity index (χ0n) is 12.2. The third kappa shape index (κ3) is 5.73. The van der Waals surface area contributed by atoms with Crippen LogP contribution in [0.4, 0.5) is 10.5 Å². The number of halogens is 1. The SMILES string of the molecule is CCOC(C)(C)CNC(=O)Nc1cc(C(=O)O)ccc1Br. The Morgan fingerprint density at radius 1 is 1.38 bits per heavy atom. The van der Waals surface area contributed by atoms with E-state index in [1.54, 1.807) is 6.07 Å². The van der Waals surface area contributed by atoms with Crippen molar-refractivity contribution in [3.63, 3.8) is 0 Å². The first-order chi connectivity index (χ1) is 9.75. The van der Waals surface area contributed by atoms with Crippen LogP contribution in [-0.4, -0.2) is 35.9 Å². The van der Waals surface area contributed by atoms with Crippen LogP contribution in [0.3, 0.4) is 0 Å². The molecule has 1 aromatic carbocycles. The molecule has 0 atom stereocenters. The first-order valence-corrected chi connectivity index (χ1v) is 7.26. The molecule has 0 aliphatic rings. The lowest BCUT2D eigenvalue weighted by molar-refractivity contribution is -0.00663. The second kappa shape index (κ2) is 7.42. The molecule has 6 nitrogen and oxygen atoms in total. The first-order valence-electron chi connectivity index (χ1n) is 6.47. The van der Waals surface area contributed by atoms with Crippen molar-refractivity contribution in [3.05, 3.63) is 28.2 Å². The average molecular weight is 359 g/mol. The molecule has 1 aromatic rings. The number of carboxylic acids is 1. The smallest absolute Gasteiger partial charge is 0.335 e. The number of carboxylic acid groups (broad SMARTS) is 1. The predicted molar refractivity (Wildman–Crippen MR) is 83.8 cm³/mol. The van der Waals surface area contributed by atoms with E-state index in [-0.39, 0.29) is 5.56 Å². The predicted octanol–water partition coefficient (Wildman–Crippen LogP) is 3.08. The van der Waals surface area contributed by atoms with E-state index in [0.29, 0.717) is 23.3 Å². The second-order valence-corrected chi connectivity index (χ2v) is 5.85. The van der Waals surface area contributed by atoms with Gasteiger partial charge in [0.25, 0.3) is 0 Å². The largest absolute Gasteiger partial charge is 0.478 e. The fraction of sp³-hybridized carbons (Fsp3) is 0.429. The number of carbonyl (C=O) groups is 2. The van der Waals surface area contributed by atoms with Crippen molar-refractivity contribution in [2.24, 2.45) is 0 Å². The van der Waals surface area contributed by atoms with E-state index < -0.39 is 17.6 Å². The molecule has 1 rings (SSSR count). The number of hydrogen-bond acceptors (Lipinski definition) is 3. The van der Waals surface area contributed by atoms with Gasteiger partial charge in [-0.3, -0.25) is 0 Å². The van der Waals surface area contributed by atoms with Crippen molar-refractivity contribution in [1.82, 2.24) is 5.32 Å². The minimum absolute atomic E-state index is 0.100. The van der Waals surface area contributed by atoms with E-state index >= 15 is 0 Å². The third-order valence-electron chi connectivity index (χ3n) is 2.67. The van der Waals surface area contributed by atoms with E-state index in [2.05, 4.69) is 26.6 Å². The molecular formula is C14H19BrN2O4. The number of carbonyl (C=O) groups excluding carboxylic acids is 1. The molecule has 0 bridgehead atoms. The molecule has 0 saturated heterocycles. The highest BCUT2D eigenvalue weighted by Crippen LogP contribution is 2.23. The summed E-state index contributed by atoms with van der Waals surface area (Å²) in [5.41, 5.74) is 0.0245. The molecule has 7 heteroatoms. The zero-order chi connectivity index (χ0) is 16.0. The summed E-state index contributed by atoms with van der Waals surface area (Å²) in [6, 6.07) is 3.99. The summed E-state index contributed by atoms with van der Waals surface area (Å²) < 4.78 is 6.08. The Morgan fingerprint density at radius 2 is 2.05 bits per heavy atom. The number of benzene rings is 1. The molecular weight excluding hydrogens is 340 g/mol. The molecule has 2 amide bonds. The van der Waals surface area contributed by atoms with Gasteiger partial charge in [-0.25, -0.2) is 9.59 Å². The van der Waals surface area contributed by atoms with Gasteiger partial charge in [0.15, 0.2) is 0 Å². The number of hydrogen-bond donors (Lipinski definition) is 3. The van der Waals surface area contributed by atoms with Gasteiger partial charge < -0.3 is 20.5 Å². The van der Waals surface area contributed by atoms with Crippen LogP contribution in [-0.2, 0) is 4.74 Å². The Morgan fingerprint density at radius 3 is 2.62 bits per heavy atom. The number of nitrogens with one attached hydrogen (secondary N) is 2. The molecule has 116 valence electrons. The Balaban J connectivity index is 2.67. The van der Waals surface area contributed by atoms with Crippen LogP contribution < -0.4 is 10.6 Å². The van der Waals surface area contributed by atoms with Crippen molar-refractivity contribution in [2.75, 3.05) is 18.5 Å². The van der Waals surface area contributed by atoms with Gasteiger partial charge in [0.1, 0.15) is 0 Å². The highest BCUT2D eigenvalue weighted by Gasteiger charge is 2.19. The van der Waals surface area contributed by atoms with E-state index in [4.69, 9.17) is 9.84 Å². The van der Waals surface area contributed by atoms with E-state index in [0.717, 1.165) is 0 Å². The van der Waals surface area contributed by atoms with Crippen LogP contribution in [0.2, 0.25) is 0 Å². The summed E-state index contributed by atoms with van der Waals surface area (Å²) in [5, 5.41) is 14.2. The van der Waals surface area contributed by atoms with Crippen LogP contribution in [0.15, 0.2) is 22.7 Å². The average Bonchev–Trinajstić information content (AvgIpc) is 2.39. The standard InChI is InChI=1S/C14H19BrN2O4/c1-4-21-14(2,3)8-16-13(20)17-11-7-9(12(18)19)5-6-10(11)15/h5-7H,4,8H2,1-3H3,(H,18,19)(H2,16,17,20). The molecule has 0 fully saturated rings. The molecule has 0 unspecified atom stereocenters. The van der Waals surface area contributed by atoms with Gasteiger partial charge in [0.05, 0.1) is 16.9 Å². The number of aromatic carboxylic acids is 1. The minimum Gasteiger partial charge on any atom is -0.478 e. The molecule has 0 heterocycles. The first kappa shape index (κ1) is 17.5. The monoisotopic (exact) mass is 358 g/mol. The lowest BCUT2D eigenvalue weighted by Gasteiger charge is -2.25. The summed E-state index contributed by atoms with van der Waals surface area (Å²) in [6.45, 7) is 6.53. The molecule has 0 aliphatic carbocycles. The van der Waals surface area contributed by atoms with Gasteiger partial charge in [-0.2, -0.15) is 0 Å². The number of amides is 2. The maximum absolute atomic E-state index is 11.9. The lowest BCUT2D eigenvalue weighted by atomic mass is 10.1. The highest BCUT2D eigenvalue weighted by atomic mass is 79.9. The maximum atomic E-state index is 11.9. The summed E-state index contributed by atoms with van der Waals surface area (Å²) in [6.07, 6.45) is 0. The quantitative estimate of drug-likeness (QED) is 0.728. The molecule has 21 heavy (non-hydrogen) atoms. The fourth-order valence-corrected chi connectivity index (χ4v) is 2.00. The Bertz CT molecular complexity index is 532. The maximum Gasteiger partial charge on any atom is 0.335 e. The van der Waals surface area contributed by atoms with Crippen LogP contribution in [0.5, 0.6) is 0 Å². The number of urea groups is 1. The lowest BCUT2D eigenvalue weighted by Crippen LogP contribution is -2.42. The van der Waals surface area contributed by atoms with E-state index in [1.165, 1.54) is 12.1 Å². The summed E-state index contributed by atoms with van der Waals surface area (Å²) in [7, 11) is 0. The Labute approximate surface area is 132 Å². The van der Waals surface area contributed by atoms with Crippen LogP contribution in [0, 0.1) is 0 Å². The fourth-order valence-electron chi connectivity index (χ4n) is 1.66. The topological polar surface area (TPSA) is 87.7 Å². The molecule has 0 saturated carbocycles. The second-order valence-electron chi connectivity index (χ2n) is 5.00. The normalized spacial score (nSPS) is 11.0. The summed E-state index contributed by atoms with van der Waals surface area (Å²) >= 11 is 3.26. The van der Waals surface area contributed by atoms with E-state index in [1.807, 2.05) is 20.8 Å². The van der Waals surface area contributed by atoms with Gasteiger partial charge in [0.2, 0.25) is 0 Å². The summed E-state index contributed by atoms with van der Waals surface area (Å²) in [5.74, 6) is -1.05. The van der Waals surface area contributed by atoms with Crippen molar-refractivity contribution in [3.8, 4) is 0 Å². The van der Waals surface area contributed by atoms with Crippen molar-refractivity contribution in [1.29, 1.82) is 0 Å². The van der Waals surface area contributed by atoms with Gasteiger partial charge in [-0.05, 0) is 54.9 Å². The molecule has 0 radical (unpaired) electrons. The third-order valence-corrected chi connectivity index (χ3v) is 3.36.